The van der Waals surface area contributed by atoms with Gasteiger partial charge in [0.25, 0.3) is 0 Å². The number of hydrogen-bond donors (Lipinski definition) is 2. The van der Waals surface area contributed by atoms with Crippen molar-refractivity contribution in [2.24, 2.45) is 11.7 Å². The molecule has 22 heavy (non-hydrogen) atoms. The zero-order valence-electron chi connectivity index (χ0n) is 11.7. The molecule has 7 nitrogen and oxygen atoms in total. The van der Waals surface area contributed by atoms with E-state index in [4.69, 9.17) is 5.73 Å². The molecule has 1 heterocycles. The normalized spacial score (nSPS) is 14.7. The molecule has 2 unspecified atom stereocenters. The number of halogens is 2. The van der Waals surface area contributed by atoms with Crippen LogP contribution in [-0.4, -0.2) is 31.3 Å². The van der Waals surface area contributed by atoms with Gasteiger partial charge < -0.3 is 16.3 Å². The molecule has 1 aromatic carbocycles. The van der Waals surface area contributed by atoms with E-state index in [0.29, 0.717) is 6.07 Å². The molecule has 120 valence electrons. The highest BCUT2D eigenvalue weighted by Crippen LogP contribution is 2.33. The van der Waals surface area contributed by atoms with Gasteiger partial charge in [-0.1, -0.05) is 13.0 Å². The van der Waals surface area contributed by atoms with Crippen LogP contribution in [0.4, 0.5) is 8.78 Å². The van der Waals surface area contributed by atoms with Crippen LogP contribution in [0.3, 0.4) is 0 Å². The monoisotopic (exact) mass is 314 g/mol. The third kappa shape index (κ3) is 3.26. The molecule has 5 N–H and O–H groups in total. The second-order valence-electron chi connectivity index (χ2n) is 4.77. The first-order chi connectivity index (χ1) is 9.84. The Morgan fingerprint density at radius 3 is 2.68 bits per heavy atom. The number of carbonyl (C=O) groups is 1. The zero-order valence-corrected chi connectivity index (χ0v) is 11.7. The predicted octanol–water partition coefficient (Wildman–Crippen LogP) is -0.259. The van der Waals surface area contributed by atoms with Gasteiger partial charge in [-0.25, -0.2) is 18.4 Å². The van der Waals surface area contributed by atoms with E-state index in [1.807, 2.05) is 0 Å². The SMILES string of the molecule is CC(C(N)=O)C(O)(Cn1cncn1)c1ccc(F)cc1F.O. The topological polar surface area (TPSA) is 126 Å². The molecule has 0 aliphatic carbocycles. The van der Waals surface area contributed by atoms with E-state index in [1.165, 1.54) is 24.3 Å². The highest BCUT2D eigenvalue weighted by molar-refractivity contribution is 5.77. The van der Waals surface area contributed by atoms with Gasteiger partial charge in [-0.3, -0.25) is 4.79 Å². The first-order valence-electron chi connectivity index (χ1n) is 6.14. The Labute approximate surface area is 124 Å². The molecule has 0 bridgehead atoms. The number of carbonyl (C=O) groups excluding carboxylic acids is 1. The fourth-order valence-corrected chi connectivity index (χ4v) is 2.09. The zero-order chi connectivity index (χ0) is 15.6. The highest BCUT2D eigenvalue weighted by atomic mass is 19.1. The average molecular weight is 314 g/mol. The van der Waals surface area contributed by atoms with Crippen LogP contribution in [-0.2, 0) is 16.9 Å². The lowest BCUT2D eigenvalue weighted by Crippen LogP contribution is -2.45. The van der Waals surface area contributed by atoms with Crippen LogP contribution in [0.15, 0.2) is 30.9 Å². The van der Waals surface area contributed by atoms with Crippen LogP contribution < -0.4 is 5.73 Å². The van der Waals surface area contributed by atoms with Gasteiger partial charge in [-0.2, -0.15) is 5.10 Å². The van der Waals surface area contributed by atoms with Gasteiger partial charge in [0.15, 0.2) is 0 Å². The predicted molar refractivity (Wildman–Crippen MR) is 72.2 cm³/mol. The number of rotatable bonds is 5. The maximum Gasteiger partial charge on any atom is 0.223 e. The standard InChI is InChI=1S/C13H14F2N4O2.H2O/c1-8(12(16)20)13(21,5-19-7-17-6-18-19)10-3-2-9(14)4-11(10)15;/h2-4,6-8,21H,5H2,1H3,(H2,16,20);1H2. The quantitative estimate of drug-likeness (QED) is 0.788. The molecule has 2 atom stereocenters. The molecular weight excluding hydrogens is 298 g/mol. The van der Waals surface area contributed by atoms with Gasteiger partial charge in [0.1, 0.15) is 29.9 Å². The van der Waals surface area contributed by atoms with Gasteiger partial charge >= 0.3 is 0 Å². The summed E-state index contributed by atoms with van der Waals surface area (Å²) < 4.78 is 28.3. The number of aromatic nitrogens is 3. The molecule has 1 amide bonds. The summed E-state index contributed by atoms with van der Waals surface area (Å²) in [5.74, 6) is -3.69. The van der Waals surface area contributed by atoms with E-state index >= 15 is 0 Å². The van der Waals surface area contributed by atoms with Crippen molar-refractivity contribution in [1.29, 1.82) is 0 Å². The Morgan fingerprint density at radius 1 is 1.50 bits per heavy atom. The van der Waals surface area contributed by atoms with Gasteiger partial charge in [-0.15, -0.1) is 0 Å². The number of benzene rings is 1. The first-order valence-corrected chi connectivity index (χ1v) is 6.14. The van der Waals surface area contributed by atoms with Gasteiger partial charge in [0, 0.05) is 11.6 Å². The van der Waals surface area contributed by atoms with Crippen LogP contribution in [0.5, 0.6) is 0 Å². The molecule has 0 aliphatic heterocycles. The summed E-state index contributed by atoms with van der Waals surface area (Å²) >= 11 is 0. The van der Waals surface area contributed by atoms with Crippen LogP contribution in [0, 0.1) is 17.6 Å². The largest absolute Gasteiger partial charge is 0.412 e. The van der Waals surface area contributed by atoms with Gasteiger partial charge in [0.05, 0.1) is 12.5 Å². The first kappa shape index (κ1) is 17.7. The molecule has 0 radical (unpaired) electrons. The maximum absolute atomic E-state index is 14.0. The van der Waals surface area contributed by atoms with Crippen molar-refractivity contribution >= 4 is 5.91 Å². The van der Waals surface area contributed by atoms with Crippen molar-refractivity contribution in [1.82, 2.24) is 14.8 Å². The molecule has 2 rings (SSSR count). The van der Waals surface area contributed by atoms with E-state index < -0.39 is 29.1 Å². The number of amides is 1. The molecule has 2 aromatic rings. The Balaban J connectivity index is 0.00000242. The second-order valence-corrected chi connectivity index (χ2v) is 4.77. The Kier molecular flexibility index (Phi) is 5.28. The summed E-state index contributed by atoms with van der Waals surface area (Å²) in [6, 6.07) is 2.72. The van der Waals surface area contributed by atoms with E-state index in [9.17, 15) is 18.7 Å². The van der Waals surface area contributed by atoms with Crippen molar-refractivity contribution in [3.8, 4) is 0 Å². The Hall–Kier alpha value is -2.39. The minimum atomic E-state index is -1.97. The maximum atomic E-state index is 14.0. The van der Waals surface area contributed by atoms with Gasteiger partial charge in [-0.05, 0) is 6.07 Å². The third-order valence-corrected chi connectivity index (χ3v) is 3.41. The van der Waals surface area contributed by atoms with Crippen LogP contribution >= 0.6 is 0 Å². The van der Waals surface area contributed by atoms with E-state index in [1.54, 1.807) is 0 Å². The second kappa shape index (κ2) is 6.58. The van der Waals surface area contributed by atoms with Crippen LogP contribution in [0.2, 0.25) is 0 Å². The Bertz CT molecular complexity index is 651. The minimum Gasteiger partial charge on any atom is -0.412 e. The van der Waals surface area contributed by atoms with Crippen molar-refractivity contribution in [3.05, 3.63) is 48.1 Å². The van der Waals surface area contributed by atoms with Crippen LogP contribution in [0.1, 0.15) is 12.5 Å². The van der Waals surface area contributed by atoms with Crippen molar-refractivity contribution < 1.29 is 24.2 Å². The summed E-state index contributed by atoms with van der Waals surface area (Å²) in [5.41, 5.74) is 3.02. The van der Waals surface area contributed by atoms with E-state index in [-0.39, 0.29) is 17.6 Å². The molecule has 0 saturated heterocycles. The summed E-state index contributed by atoms with van der Waals surface area (Å²) in [4.78, 5) is 15.2. The average Bonchev–Trinajstić information content (AvgIpc) is 2.89. The molecule has 0 spiro atoms. The van der Waals surface area contributed by atoms with Crippen molar-refractivity contribution in [3.63, 3.8) is 0 Å². The summed E-state index contributed by atoms with van der Waals surface area (Å²) in [7, 11) is 0. The summed E-state index contributed by atoms with van der Waals surface area (Å²) in [6.07, 6.45) is 2.54. The Morgan fingerprint density at radius 2 is 2.18 bits per heavy atom. The summed E-state index contributed by atoms with van der Waals surface area (Å²) in [6.45, 7) is 1.11. The fourth-order valence-electron chi connectivity index (χ4n) is 2.09. The lowest BCUT2D eigenvalue weighted by Gasteiger charge is -2.33. The van der Waals surface area contributed by atoms with Gasteiger partial charge in [0.2, 0.25) is 5.91 Å². The number of hydrogen-bond acceptors (Lipinski definition) is 4. The number of aliphatic hydroxyl groups is 1. The molecule has 0 aliphatic rings. The van der Waals surface area contributed by atoms with Crippen molar-refractivity contribution in [2.45, 2.75) is 19.1 Å². The molecule has 0 saturated carbocycles. The molecule has 0 fully saturated rings. The lowest BCUT2D eigenvalue weighted by atomic mass is 9.81. The highest BCUT2D eigenvalue weighted by Gasteiger charge is 2.41. The molecule has 1 aromatic heterocycles. The van der Waals surface area contributed by atoms with E-state index in [0.717, 1.165) is 12.1 Å². The molecule has 9 heteroatoms. The summed E-state index contributed by atoms with van der Waals surface area (Å²) in [5, 5.41) is 14.6. The minimum absolute atomic E-state index is 0. The number of nitrogens with two attached hydrogens (primary N) is 1. The lowest BCUT2D eigenvalue weighted by molar-refractivity contribution is -0.133. The smallest absolute Gasteiger partial charge is 0.223 e. The number of primary amides is 1. The van der Waals surface area contributed by atoms with E-state index in [2.05, 4.69) is 10.1 Å². The van der Waals surface area contributed by atoms with Crippen LogP contribution in [0.25, 0.3) is 0 Å². The third-order valence-electron chi connectivity index (χ3n) is 3.41. The van der Waals surface area contributed by atoms with Crippen molar-refractivity contribution in [2.75, 3.05) is 0 Å². The molecular formula is C13H16F2N4O3. The fraction of sp³-hybridized carbons (Fsp3) is 0.308. The number of nitrogens with zero attached hydrogens (tertiary/aromatic N) is 3.